The number of cyclic esters (lactones) is 1. The van der Waals surface area contributed by atoms with E-state index in [1.165, 1.54) is 141 Å². The van der Waals surface area contributed by atoms with Crippen LogP contribution in [0.5, 0.6) is 0 Å². The Morgan fingerprint density at radius 1 is 0.610 bits per heavy atom. The molecule has 2 saturated heterocycles. The van der Waals surface area contributed by atoms with Crippen LogP contribution in [0.25, 0.3) is 0 Å². The molecule has 4 heteroatoms. The molecule has 3 heterocycles. The third-order valence-corrected chi connectivity index (χ3v) is 9.30. The van der Waals surface area contributed by atoms with Crippen molar-refractivity contribution in [1.82, 2.24) is 0 Å². The van der Waals surface area contributed by atoms with Gasteiger partial charge in [0.15, 0.2) is 0 Å². The molecule has 3 rings (SSSR count). The largest absolute Gasteiger partial charge is 0.455 e. The van der Waals surface area contributed by atoms with Crippen LogP contribution in [0.15, 0.2) is 23.8 Å². The van der Waals surface area contributed by atoms with E-state index in [9.17, 15) is 4.79 Å². The Bertz CT molecular complexity index is 743. The lowest BCUT2D eigenvalue weighted by atomic mass is 10.0. The van der Waals surface area contributed by atoms with Gasteiger partial charge in [-0.3, -0.25) is 0 Å². The van der Waals surface area contributed by atoms with E-state index in [0.29, 0.717) is 24.4 Å². The van der Waals surface area contributed by atoms with Crippen LogP contribution in [0, 0.1) is 0 Å². The number of rotatable bonds is 28. The van der Waals surface area contributed by atoms with Gasteiger partial charge in [-0.15, -0.1) is 0 Å². The molecule has 0 spiro atoms. The highest BCUT2D eigenvalue weighted by Crippen LogP contribution is 2.36. The highest BCUT2D eigenvalue weighted by atomic mass is 16.6. The summed E-state index contributed by atoms with van der Waals surface area (Å²) in [4.78, 5) is 11.6. The Labute approximate surface area is 253 Å². The summed E-state index contributed by atoms with van der Waals surface area (Å²) in [6.07, 6.45) is 41.4. The minimum atomic E-state index is -0.0967. The summed E-state index contributed by atoms with van der Waals surface area (Å²) in [5.74, 6) is -0.0967. The zero-order chi connectivity index (χ0) is 29.0. The number of allylic oxidation sites excluding steroid dienone is 1. The molecule has 0 aliphatic carbocycles. The van der Waals surface area contributed by atoms with Gasteiger partial charge in [-0.2, -0.15) is 0 Å². The predicted molar refractivity (Wildman–Crippen MR) is 171 cm³/mol. The average molecular weight is 573 g/mol. The lowest BCUT2D eigenvalue weighted by Gasteiger charge is -2.03. The maximum atomic E-state index is 11.6. The number of unbranched alkanes of at least 4 members (excludes halogenated alkanes) is 18. The van der Waals surface area contributed by atoms with Crippen molar-refractivity contribution in [1.29, 1.82) is 0 Å². The molecule has 236 valence electrons. The van der Waals surface area contributed by atoms with Gasteiger partial charge in [0.05, 0.1) is 24.4 Å². The first-order chi connectivity index (χ1) is 20.2. The monoisotopic (exact) mass is 572 g/mol. The van der Waals surface area contributed by atoms with Crippen LogP contribution in [0.2, 0.25) is 0 Å². The number of epoxide rings is 2. The van der Waals surface area contributed by atoms with Crippen molar-refractivity contribution in [3.63, 3.8) is 0 Å². The van der Waals surface area contributed by atoms with Crippen molar-refractivity contribution in [2.75, 3.05) is 0 Å². The molecule has 0 N–H and O–H groups in total. The van der Waals surface area contributed by atoms with E-state index >= 15 is 0 Å². The van der Waals surface area contributed by atoms with E-state index in [4.69, 9.17) is 14.2 Å². The summed E-state index contributed by atoms with van der Waals surface area (Å²) in [5.41, 5.74) is 0.892. The van der Waals surface area contributed by atoms with Gasteiger partial charge < -0.3 is 14.2 Å². The summed E-state index contributed by atoms with van der Waals surface area (Å²) in [6.45, 7) is 4.22. The van der Waals surface area contributed by atoms with E-state index in [1.807, 2.05) is 13.0 Å². The summed E-state index contributed by atoms with van der Waals surface area (Å²) < 4.78 is 17.0. The van der Waals surface area contributed by atoms with Gasteiger partial charge in [-0.1, -0.05) is 128 Å². The van der Waals surface area contributed by atoms with Crippen LogP contribution in [0.1, 0.15) is 174 Å². The third kappa shape index (κ3) is 16.3. The molecular formula is C37H64O4. The fraction of sp³-hybridized carbons (Fsp3) is 0.865. The summed E-state index contributed by atoms with van der Waals surface area (Å²) >= 11 is 0. The third-order valence-electron chi connectivity index (χ3n) is 9.30. The summed E-state index contributed by atoms with van der Waals surface area (Å²) in [5, 5.41) is 0. The first kappa shape index (κ1) is 34.4. The standard InChI is InChI=1S/C37H64O4/c1-3-4-5-6-7-8-9-10-14-17-20-23-26-33-35(40-33)28-29-36-34(41-36)27-24-21-18-15-12-11-13-16-19-22-25-32-30-31(2)39-37(32)38/h20,23,30-31,33-36H,3-19,21-22,24-29H2,1-2H3/t31-,33?,34?,35?,36?/m0/s1. The molecule has 5 atom stereocenters. The van der Waals surface area contributed by atoms with Crippen molar-refractivity contribution in [2.45, 2.75) is 205 Å². The van der Waals surface area contributed by atoms with Gasteiger partial charge >= 0.3 is 5.97 Å². The van der Waals surface area contributed by atoms with Gasteiger partial charge in [0.2, 0.25) is 0 Å². The average Bonchev–Trinajstić information content (AvgIpc) is 3.87. The molecule has 0 aromatic rings. The normalized spacial score (nSPS) is 25.2. The lowest BCUT2D eigenvalue weighted by Crippen LogP contribution is -2.03. The smallest absolute Gasteiger partial charge is 0.334 e. The predicted octanol–water partition coefficient (Wildman–Crippen LogP) is 10.7. The Balaban J connectivity index is 0.995. The molecule has 3 aliphatic rings. The number of carbonyl (C=O) groups is 1. The Kier molecular flexibility index (Phi) is 18.1. The molecule has 2 fully saturated rings. The molecule has 3 aliphatic heterocycles. The molecule has 0 aromatic heterocycles. The van der Waals surface area contributed by atoms with Gasteiger partial charge in [0, 0.05) is 5.57 Å². The minimum absolute atomic E-state index is 0.0251. The minimum Gasteiger partial charge on any atom is -0.455 e. The fourth-order valence-corrected chi connectivity index (χ4v) is 6.47. The van der Waals surface area contributed by atoms with Crippen LogP contribution in [-0.4, -0.2) is 36.5 Å². The zero-order valence-electron chi connectivity index (χ0n) is 26.9. The van der Waals surface area contributed by atoms with Crippen molar-refractivity contribution >= 4 is 5.97 Å². The number of ether oxygens (including phenoxy) is 3. The van der Waals surface area contributed by atoms with Crippen LogP contribution in [0.4, 0.5) is 0 Å². The molecule has 0 saturated carbocycles. The van der Waals surface area contributed by atoms with Crippen LogP contribution >= 0.6 is 0 Å². The Hall–Kier alpha value is -1.13. The first-order valence-corrected chi connectivity index (χ1v) is 18.0. The molecule has 0 aromatic carbocycles. The number of carbonyl (C=O) groups excluding carboxylic acids is 1. The zero-order valence-corrected chi connectivity index (χ0v) is 26.9. The molecule has 0 radical (unpaired) electrons. The maximum absolute atomic E-state index is 11.6. The van der Waals surface area contributed by atoms with Crippen molar-refractivity contribution in [3.05, 3.63) is 23.8 Å². The van der Waals surface area contributed by atoms with E-state index in [0.717, 1.165) is 24.8 Å². The quantitative estimate of drug-likeness (QED) is 0.0405. The van der Waals surface area contributed by atoms with E-state index in [-0.39, 0.29) is 12.1 Å². The van der Waals surface area contributed by atoms with Gasteiger partial charge in [-0.05, 0) is 64.4 Å². The first-order valence-electron chi connectivity index (χ1n) is 18.0. The fourth-order valence-electron chi connectivity index (χ4n) is 6.47. The lowest BCUT2D eigenvalue weighted by molar-refractivity contribution is -0.139. The van der Waals surface area contributed by atoms with Crippen LogP contribution in [0.3, 0.4) is 0 Å². The van der Waals surface area contributed by atoms with Crippen LogP contribution in [-0.2, 0) is 19.0 Å². The van der Waals surface area contributed by atoms with E-state index in [1.54, 1.807) is 0 Å². The number of esters is 1. The summed E-state index contributed by atoms with van der Waals surface area (Å²) in [7, 11) is 0. The highest BCUT2D eigenvalue weighted by molar-refractivity contribution is 5.90. The second kappa shape index (κ2) is 21.5. The summed E-state index contributed by atoms with van der Waals surface area (Å²) in [6, 6.07) is 0. The van der Waals surface area contributed by atoms with Gasteiger partial charge in [0.1, 0.15) is 6.10 Å². The van der Waals surface area contributed by atoms with E-state index in [2.05, 4.69) is 19.1 Å². The maximum Gasteiger partial charge on any atom is 0.334 e. The molecule has 0 bridgehead atoms. The molecule has 4 nitrogen and oxygen atoms in total. The molecular weight excluding hydrogens is 508 g/mol. The Morgan fingerprint density at radius 3 is 1.73 bits per heavy atom. The van der Waals surface area contributed by atoms with Crippen molar-refractivity contribution in [2.24, 2.45) is 0 Å². The van der Waals surface area contributed by atoms with Gasteiger partial charge in [0.25, 0.3) is 0 Å². The van der Waals surface area contributed by atoms with Gasteiger partial charge in [-0.25, -0.2) is 4.79 Å². The van der Waals surface area contributed by atoms with Crippen molar-refractivity contribution in [3.8, 4) is 0 Å². The van der Waals surface area contributed by atoms with Crippen molar-refractivity contribution < 1.29 is 19.0 Å². The second-order valence-corrected chi connectivity index (χ2v) is 13.2. The SMILES string of the molecule is CCCCCCCCCCCC=CCC1OC1CCC1OC1CCCCCCCCCCCCC1=C[C@H](C)OC1=O. The highest BCUT2D eigenvalue weighted by Gasteiger charge is 2.42. The molecule has 41 heavy (non-hydrogen) atoms. The van der Waals surface area contributed by atoms with E-state index < -0.39 is 0 Å². The molecule has 0 amide bonds. The van der Waals surface area contributed by atoms with Crippen LogP contribution < -0.4 is 0 Å². The topological polar surface area (TPSA) is 51.4 Å². The molecule has 4 unspecified atom stereocenters. The Morgan fingerprint density at radius 2 is 1.12 bits per heavy atom. The number of hydrogen-bond donors (Lipinski definition) is 0. The second-order valence-electron chi connectivity index (χ2n) is 13.2. The number of hydrogen-bond acceptors (Lipinski definition) is 4.